The minimum Gasteiger partial charge on any atom is -0.299 e. The van der Waals surface area contributed by atoms with E-state index in [2.05, 4.69) is 4.98 Å². The highest BCUT2D eigenvalue weighted by molar-refractivity contribution is 6.31. The van der Waals surface area contributed by atoms with Crippen molar-refractivity contribution in [3.8, 4) is 0 Å². The van der Waals surface area contributed by atoms with Crippen molar-refractivity contribution in [1.29, 1.82) is 0 Å². The number of nitrogens with zero attached hydrogens (tertiary/aromatic N) is 1. The summed E-state index contributed by atoms with van der Waals surface area (Å²) in [6.07, 6.45) is 3.31. The zero-order valence-corrected chi connectivity index (χ0v) is 11.5. The Balaban J connectivity index is 1.85. The van der Waals surface area contributed by atoms with Crippen molar-refractivity contribution in [1.82, 2.24) is 4.98 Å². The van der Waals surface area contributed by atoms with Crippen LogP contribution in [0.1, 0.15) is 29.2 Å². The number of carbonyl (C=O) groups excluding carboxylic acids is 1. The second kappa shape index (κ2) is 5.33. The summed E-state index contributed by atoms with van der Waals surface area (Å²) in [5.74, 6) is -0.679. The van der Waals surface area contributed by atoms with Gasteiger partial charge >= 0.3 is 0 Å². The first-order valence-corrected chi connectivity index (χ1v) is 6.94. The number of hydrogen-bond acceptors (Lipinski definition) is 2. The van der Waals surface area contributed by atoms with Gasteiger partial charge in [-0.25, -0.2) is 4.39 Å². The maximum absolute atomic E-state index is 13.7. The fourth-order valence-corrected chi connectivity index (χ4v) is 2.95. The van der Waals surface area contributed by atoms with Gasteiger partial charge in [-0.2, -0.15) is 0 Å². The Morgan fingerprint density at radius 1 is 1.35 bits per heavy atom. The Kier molecular flexibility index (Phi) is 3.53. The summed E-state index contributed by atoms with van der Waals surface area (Å²) in [6.45, 7) is 0. The van der Waals surface area contributed by atoms with Crippen LogP contribution in [0.15, 0.2) is 36.5 Å². The largest absolute Gasteiger partial charge is 0.299 e. The molecule has 1 unspecified atom stereocenters. The number of fused-ring (bicyclic) bond motifs is 1. The number of halogens is 2. The van der Waals surface area contributed by atoms with Gasteiger partial charge in [-0.1, -0.05) is 23.7 Å². The molecule has 2 nitrogen and oxygen atoms in total. The standard InChI is InChI=1S/C16H13ClFNO/c17-13-4-1-5-14(18)12(13)9-15(20)11-7-6-10-3-2-8-19-16(10)11/h1-5,8,11H,6-7,9H2. The molecule has 0 bridgehead atoms. The number of pyridine rings is 1. The molecular formula is C16H13ClFNO. The molecule has 1 aromatic carbocycles. The molecule has 0 fully saturated rings. The second-order valence-electron chi connectivity index (χ2n) is 4.98. The summed E-state index contributed by atoms with van der Waals surface area (Å²) in [4.78, 5) is 16.7. The topological polar surface area (TPSA) is 30.0 Å². The summed E-state index contributed by atoms with van der Waals surface area (Å²) in [6, 6.07) is 8.34. The molecule has 0 N–H and O–H groups in total. The van der Waals surface area contributed by atoms with Gasteiger partial charge < -0.3 is 0 Å². The van der Waals surface area contributed by atoms with Gasteiger partial charge in [-0.3, -0.25) is 9.78 Å². The molecule has 0 amide bonds. The Labute approximate surface area is 121 Å². The minimum atomic E-state index is -0.426. The third kappa shape index (κ3) is 2.34. The highest BCUT2D eigenvalue weighted by Gasteiger charge is 2.30. The average Bonchev–Trinajstić information content (AvgIpc) is 2.87. The number of benzene rings is 1. The van der Waals surface area contributed by atoms with Crippen LogP contribution >= 0.6 is 11.6 Å². The van der Waals surface area contributed by atoms with Crippen molar-refractivity contribution in [2.75, 3.05) is 0 Å². The lowest BCUT2D eigenvalue weighted by atomic mass is 9.95. The molecule has 0 aliphatic heterocycles. The van der Waals surface area contributed by atoms with E-state index in [0.29, 0.717) is 5.02 Å². The van der Waals surface area contributed by atoms with E-state index in [-0.39, 0.29) is 23.7 Å². The van der Waals surface area contributed by atoms with E-state index in [4.69, 9.17) is 11.6 Å². The molecule has 4 heteroatoms. The molecule has 1 heterocycles. The van der Waals surface area contributed by atoms with Crippen molar-refractivity contribution in [3.63, 3.8) is 0 Å². The summed E-state index contributed by atoms with van der Waals surface area (Å²) >= 11 is 5.97. The lowest BCUT2D eigenvalue weighted by Gasteiger charge is -2.11. The Morgan fingerprint density at radius 2 is 2.20 bits per heavy atom. The number of aromatic nitrogens is 1. The molecule has 102 valence electrons. The van der Waals surface area contributed by atoms with Crippen molar-refractivity contribution >= 4 is 17.4 Å². The fourth-order valence-electron chi connectivity index (χ4n) is 2.72. The van der Waals surface area contributed by atoms with Crippen molar-refractivity contribution in [2.45, 2.75) is 25.2 Å². The van der Waals surface area contributed by atoms with Crippen LogP contribution in [0.3, 0.4) is 0 Å². The van der Waals surface area contributed by atoms with E-state index in [1.54, 1.807) is 12.3 Å². The van der Waals surface area contributed by atoms with Crippen molar-refractivity contribution in [2.24, 2.45) is 0 Å². The molecule has 1 atom stereocenters. The van der Waals surface area contributed by atoms with E-state index in [0.717, 1.165) is 24.1 Å². The Hall–Kier alpha value is -1.74. The van der Waals surface area contributed by atoms with Gasteiger partial charge in [0.1, 0.15) is 11.6 Å². The molecule has 2 aromatic rings. The number of Topliss-reactive ketones (excluding diaryl/α,β-unsaturated/α-hetero) is 1. The third-order valence-electron chi connectivity index (χ3n) is 3.76. The maximum Gasteiger partial charge on any atom is 0.146 e. The van der Waals surface area contributed by atoms with E-state index in [1.165, 1.54) is 12.1 Å². The first-order chi connectivity index (χ1) is 9.66. The number of carbonyl (C=O) groups is 1. The molecule has 1 aliphatic carbocycles. The predicted octanol–water partition coefficient (Wildman–Crippen LogP) is 3.72. The van der Waals surface area contributed by atoms with Crippen LogP contribution in [0.25, 0.3) is 0 Å². The molecular weight excluding hydrogens is 277 g/mol. The van der Waals surface area contributed by atoms with Gasteiger partial charge in [-0.15, -0.1) is 0 Å². The highest BCUT2D eigenvalue weighted by atomic mass is 35.5. The summed E-state index contributed by atoms with van der Waals surface area (Å²) in [5.41, 5.74) is 2.24. The normalized spacial score (nSPS) is 17.0. The fraction of sp³-hybridized carbons (Fsp3) is 0.250. The Bertz CT molecular complexity index is 651. The number of hydrogen-bond donors (Lipinski definition) is 0. The number of ketones is 1. The summed E-state index contributed by atoms with van der Waals surface area (Å²) in [7, 11) is 0. The van der Waals surface area contributed by atoms with Crippen LogP contribution in [0.5, 0.6) is 0 Å². The van der Waals surface area contributed by atoms with Crippen LogP contribution in [-0.2, 0) is 17.6 Å². The third-order valence-corrected chi connectivity index (χ3v) is 4.11. The van der Waals surface area contributed by atoms with Gasteiger partial charge in [0.25, 0.3) is 0 Å². The van der Waals surface area contributed by atoms with Gasteiger partial charge in [0.05, 0.1) is 11.6 Å². The van der Waals surface area contributed by atoms with Gasteiger partial charge in [-0.05, 0) is 36.6 Å². The van der Waals surface area contributed by atoms with Crippen molar-refractivity contribution in [3.05, 3.63) is 64.2 Å². The van der Waals surface area contributed by atoms with Gasteiger partial charge in [0.2, 0.25) is 0 Å². The molecule has 0 saturated heterocycles. The zero-order chi connectivity index (χ0) is 14.1. The lowest BCUT2D eigenvalue weighted by Crippen LogP contribution is -2.14. The van der Waals surface area contributed by atoms with Gasteiger partial charge in [0.15, 0.2) is 0 Å². The summed E-state index contributed by atoms with van der Waals surface area (Å²) in [5, 5.41) is 0.303. The Morgan fingerprint density at radius 3 is 3.00 bits per heavy atom. The van der Waals surface area contributed by atoms with Crippen LogP contribution in [0.2, 0.25) is 5.02 Å². The molecule has 0 spiro atoms. The number of rotatable bonds is 3. The monoisotopic (exact) mass is 289 g/mol. The van der Waals surface area contributed by atoms with Gasteiger partial charge in [0, 0.05) is 23.2 Å². The number of aryl methyl sites for hydroxylation is 1. The quantitative estimate of drug-likeness (QED) is 0.862. The highest BCUT2D eigenvalue weighted by Crippen LogP contribution is 2.33. The van der Waals surface area contributed by atoms with E-state index < -0.39 is 5.82 Å². The van der Waals surface area contributed by atoms with E-state index in [9.17, 15) is 9.18 Å². The minimum absolute atomic E-state index is 0.0190. The maximum atomic E-state index is 13.7. The van der Waals surface area contributed by atoms with E-state index >= 15 is 0 Å². The summed E-state index contributed by atoms with van der Waals surface area (Å²) < 4.78 is 13.7. The van der Waals surface area contributed by atoms with Crippen molar-refractivity contribution < 1.29 is 9.18 Å². The van der Waals surface area contributed by atoms with Crippen LogP contribution < -0.4 is 0 Å². The van der Waals surface area contributed by atoms with E-state index in [1.807, 2.05) is 12.1 Å². The molecule has 3 rings (SSSR count). The molecule has 1 aromatic heterocycles. The second-order valence-corrected chi connectivity index (χ2v) is 5.39. The molecule has 1 aliphatic rings. The van der Waals surface area contributed by atoms with Crippen LogP contribution in [-0.4, -0.2) is 10.8 Å². The first kappa shape index (κ1) is 13.3. The first-order valence-electron chi connectivity index (χ1n) is 6.56. The SMILES string of the molecule is O=C(Cc1c(F)cccc1Cl)C1CCc2cccnc21. The molecule has 20 heavy (non-hydrogen) atoms. The zero-order valence-electron chi connectivity index (χ0n) is 10.8. The lowest BCUT2D eigenvalue weighted by molar-refractivity contribution is -0.119. The predicted molar refractivity (Wildman–Crippen MR) is 75.4 cm³/mol. The van der Waals surface area contributed by atoms with Crippen LogP contribution in [0.4, 0.5) is 4.39 Å². The van der Waals surface area contributed by atoms with Crippen LogP contribution in [0, 0.1) is 5.82 Å². The molecule has 0 saturated carbocycles. The smallest absolute Gasteiger partial charge is 0.146 e. The average molecular weight is 290 g/mol. The molecule has 0 radical (unpaired) electrons.